The highest BCUT2D eigenvalue weighted by atomic mass is 15.4. The minimum absolute atomic E-state index is 0.754. The van der Waals surface area contributed by atoms with Gasteiger partial charge in [0.25, 0.3) is 0 Å². The Morgan fingerprint density at radius 1 is 0.510 bits per heavy atom. The standard InChI is InChI=1S/C47H54N4/c1-28-17-32(5)44(33(6)18-28)48-25-42(49-45-34(7)19-29(2)20-35(45)8)40-13-15-41(16-14-40)43-26-50(46-36(9)21-30(3)22-37(46)10)27-51(43)47-38(11)23-31(4)24-39(47)12/h13-26,48-49H,27H2,1-12H3/b42-25-. The SMILES string of the molecule is Cc1cc(C)c(N/C=C(\Nc2c(C)cc(C)cc2C)c2ccc(C3=CN(c4c(C)cc(C)cc4C)CN3c3c(C)cc(C)cc3C)cc2)c(C)c1. The monoisotopic (exact) mass is 674 g/mol. The normalized spacial score (nSPS) is 13.2. The van der Waals surface area contributed by atoms with Crippen molar-refractivity contribution < 1.29 is 0 Å². The lowest BCUT2D eigenvalue weighted by molar-refractivity contribution is 0.959. The van der Waals surface area contributed by atoms with Crippen LogP contribution in [0.3, 0.4) is 0 Å². The average molecular weight is 675 g/mol. The van der Waals surface area contributed by atoms with Gasteiger partial charge in [0.2, 0.25) is 0 Å². The highest BCUT2D eigenvalue weighted by Crippen LogP contribution is 2.40. The molecule has 0 spiro atoms. The van der Waals surface area contributed by atoms with Crippen LogP contribution in [0.4, 0.5) is 22.7 Å². The summed E-state index contributed by atoms with van der Waals surface area (Å²) in [7, 11) is 0. The molecule has 0 radical (unpaired) electrons. The Labute approximate surface area is 306 Å². The van der Waals surface area contributed by atoms with Crippen molar-refractivity contribution in [3.05, 3.63) is 163 Å². The Bertz CT molecular complexity index is 2110. The van der Waals surface area contributed by atoms with Gasteiger partial charge in [-0.15, -0.1) is 0 Å². The first-order valence-corrected chi connectivity index (χ1v) is 18.1. The third-order valence-electron chi connectivity index (χ3n) is 10.2. The van der Waals surface area contributed by atoms with Crippen molar-refractivity contribution in [2.45, 2.75) is 83.1 Å². The average Bonchev–Trinajstić information content (AvgIpc) is 3.44. The third-order valence-corrected chi connectivity index (χ3v) is 10.2. The first-order valence-electron chi connectivity index (χ1n) is 18.1. The second kappa shape index (κ2) is 14.2. The molecule has 6 rings (SSSR count). The molecule has 0 aliphatic carbocycles. The van der Waals surface area contributed by atoms with Gasteiger partial charge in [0.1, 0.15) is 0 Å². The molecule has 1 aliphatic rings. The van der Waals surface area contributed by atoms with Crippen molar-refractivity contribution in [2.24, 2.45) is 0 Å². The number of aryl methyl sites for hydroxylation is 12. The van der Waals surface area contributed by atoms with Gasteiger partial charge in [-0.1, -0.05) is 95.1 Å². The zero-order valence-electron chi connectivity index (χ0n) is 32.7. The molecule has 0 saturated heterocycles. The molecule has 262 valence electrons. The van der Waals surface area contributed by atoms with Gasteiger partial charge in [-0.3, -0.25) is 0 Å². The second-order valence-electron chi connectivity index (χ2n) is 15.0. The molecule has 51 heavy (non-hydrogen) atoms. The number of nitrogens with zero attached hydrogens (tertiary/aromatic N) is 2. The minimum atomic E-state index is 0.754. The van der Waals surface area contributed by atoms with Crippen LogP contribution >= 0.6 is 0 Å². The predicted molar refractivity (Wildman–Crippen MR) is 222 cm³/mol. The van der Waals surface area contributed by atoms with E-state index in [1.807, 2.05) is 0 Å². The summed E-state index contributed by atoms with van der Waals surface area (Å²) in [5.41, 5.74) is 24.6. The molecule has 5 aromatic carbocycles. The molecule has 0 unspecified atom stereocenters. The van der Waals surface area contributed by atoms with E-state index in [1.54, 1.807) is 0 Å². The van der Waals surface area contributed by atoms with Gasteiger partial charge < -0.3 is 20.4 Å². The molecule has 0 fully saturated rings. The van der Waals surface area contributed by atoms with Crippen molar-refractivity contribution in [3.8, 4) is 0 Å². The Morgan fingerprint density at radius 2 is 0.922 bits per heavy atom. The van der Waals surface area contributed by atoms with Crippen molar-refractivity contribution >= 4 is 34.1 Å². The molecular weight excluding hydrogens is 621 g/mol. The quantitative estimate of drug-likeness (QED) is 0.171. The Hall–Kier alpha value is -5.22. The highest BCUT2D eigenvalue weighted by molar-refractivity contribution is 5.89. The first kappa shape index (κ1) is 35.6. The van der Waals surface area contributed by atoms with Crippen LogP contribution in [0.5, 0.6) is 0 Å². The van der Waals surface area contributed by atoms with Crippen molar-refractivity contribution in [1.29, 1.82) is 0 Å². The number of hydrogen-bond donors (Lipinski definition) is 2. The van der Waals surface area contributed by atoms with E-state index in [2.05, 4.69) is 189 Å². The third kappa shape index (κ3) is 7.32. The maximum Gasteiger partial charge on any atom is 0.0996 e. The lowest BCUT2D eigenvalue weighted by Gasteiger charge is -2.29. The highest BCUT2D eigenvalue weighted by Gasteiger charge is 2.28. The summed E-state index contributed by atoms with van der Waals surface area (Å²) in [6, 6.07) is 27.2. The predicted octanol–water partition coefficient (Wildman–Crippen LogP) is 12.2. The molecule has 5 aromatic rings. The maximum absolute atomic E-state index is 3.83. The van der Waals surface area contributed by atoms with E-state index < -0.39 is 0 Å². The molecule has 0 saturated carbocycles. The zero-order chi connectivity index (χ0) is 36.7. The van der Waals surface area contributed by atoms with Crippen LogP contribution in [0.15, 0.2) is 85.2 Å². The number of rotatable bonds is 8. The Balaban J connectivity index is 1.43. The maximum atomic E-state index is 3.83. The summed E-state index contributed by atoms with van der Waals surface area (Å²) < 4.78 is 0. The first-order chi connectivity index (χ1) is 24.2. The number of anilines is 4. The van der Waals surface area contributed by atoms with Crippen molar-refractivity contribution in [1.82, 2.24) is 0 Å². The number of hydrogen-bond acceptors (Lipinski definition) is 4. The van der Waals surface area contributed by atoms with Gasteiger partial charge in [0, 0.05) is 35.1 Å². The number of benzene rings is 5. The van der Waals surface area contributed by atoms with E-state index in [1.165, 1.54) is 89.4 Å². The van der Waals surface area contributed by atoms with E-state index >= 15 is 0 Å². The van der Waals surface area contributed by atoms with Gasteiger partial charge in [0.15, 0.2) is 0 Å². The van der Waals surface area contributed by atoms with Crippen LogP contribution in [0, 0.1) is 83.1 Å². The fourth-order valence-electron chi connectivity index (χ4n) is 8.34. The fraction of sp³-hybridized carbons (Fsp3) is 0.277. The summed E-state index contributed by atoms with van der Waals surface area (Å²) >= 11 is 0. The van der Waals surface area contributed by atoms with Crippen molar-refractivity contribution in [3.63, 3.8) is 0 Å². The summed E-state index contributed by atoms with van der Waals surface area (Å²) in [4.78, 5) is 4.93. The summed E-state index contributed by atoms with van der Waals surface area (Å²) in [6.07, 6.45) is 4.47. The van der Waals surface area contributed by atoms with Gasteiger partial charge in [0.05, 0.1) is 18.1 Å². The van der Waals surface area contributed by atoms with Gasteiger partial charge >= 0.3 is 0 Å². The van der Waals surface area contributed by atoms with E-state index in [-0.39, 0.29) is 0 Å². The Kier molecular flexibility index (Phi) is 9.90. The molecule has 4 heteroatoms. The molecule has 0 aromatic heterocycles. The number of nitrogens with one attached hydrogen (secondary N) is 2. The molecule has 0 amide bonds. The van der Waals surface area contributed by atoms with Crippen LogP contribution in [-0.4, -0.2) is 6.67 Å². The van der Waals surface area contributed by atoms with E-state index in [9.17, 15) is 0 Å². The van der Waals surface area contributed by atoms with Crippen LogP contribution in [0.25, 0.3) is 11.4 Å². The fourth-order valence-corrected chi connectivity index (χ4v) is 8.34. The van der Waals surface area contributed by atoms with Crippen LogP contribution in [0.1, 0.15) is 77.9 Å². The van der Waals surface area contributed by atoms with Crippen molar-refractivity contribution in [2.75, 3.05) is 27.1 Å². The molecule has 1 aliphatic heterocycles. The van der Waals surface area contributed by atoms with E-state index in [4.69, 9.17) is 0 Å². The minimum Gasteiger partial charge on any atom is -0.359 e. The van der Waals surface area contributed by atoms with Crippen LogP contribution < -0.4 is 20.4 Å². The molecule has 0 atom stereocenters. The second-order valence-corrected chi connectivity index (χ2v) is 15.0. The zero-order valence-corrected chi connectivity index (χ0v) is 32.7. The largest absolute Gasteiger partial charge is 0.359 e. The Morgan fingerprint density at radius 3 is 1.39 bits per heavy atom. The van der Waals surface area contributed by atoms with Crippen LogP contribution in [0.2, 0.25) is 0 Å². The van der Waals surface area contributed by atoms with Gasteiger partial charge in [-0.05, 0) is 139 Å². The van der Waals surface area contributed by atoms with E-state index in [0.29, 0.717) is 0 Å². The molecule has 2 N–H and O–H groups in total. The summed E-state index contributed by atoms with van der Waals surface area (Å²) in [5.74, 6) is 0. The molecular formula is C47H54N4. The molecule has 1 heterocycles. The summed E-state index contributed by atoms with van der Waals surface area (Å²) in [5, 5.41) is 7.51. The van der Waals surface area contributed by atoms with Gasteiger partial charge in [-0.2, -0.15) is 0 Å². The van der Waals surface area contributed by atoms with E-state index in [0.717, 1.165) is 29.3 Å². The molecule has 0 bridgehead atoms. The van der Waals surface area contributed by atoms with Crippen LogP contribution in [-0.2, 0) is 0 Å². The van der Waals surface area contributed by atoms with Gasteiger partial charge in [-0.25, -0.2) is 0 Å². The lowest BCUT2D eigenvalue weighted by atomic mass is 10.0. The topological polar surface area (TPSA) is 30.5 Å². The summed E-state index contributed by atoms with van der Waals surface area (Å²) in [6.45, 7) is 27.1. The lowest BCUT2D eigenvalue weighted by Crippen LogP contribution is -2.28. The molecule has 4 nitrogen and oxygen atoms in total. The smallest absolute Gasteiger partial charge is 0.0996 e.